The van der Waals surface area contributed by atoms with Gasteiger partial charge in [0.15, 0.2) is 0 Å². The largest absolute Gasteiger partial charge is 0.389 e. The van der Waals surface area contributed by atoms with Crippen LogP contribution in [0.2, 0.25) is 0 Å². The van der Waals surface area contributed by atoms with Gasteiger partial charge in [0.2, 0.25) is 0 Å². The number of ether oxygens (including phenoxy) is 1. The lowest BCUT2D eigenvalue weighted by Gasteiger charge is -2.29. The van der Waals surface area contributed by atoms with Gasteiger partial charge in [-0.3, -0.25) is 4.90 Å². The number of hydrogen-bond donors (Lipinski definition) is 1. The van der Waals surface area contributed by atoms with E-state index < -0.39 is 6.10 Å². The topological polar surface area (TPSA) is 63.4 Å². The second-order valence-corrected chi connectivity index (χ2v) is 7.30. The number of rotatable bonds is 7. The number of hydrogen-bond acceptors (Lipinski definition) is 6. The predicted octanol–water partition coefficient (Wildman–Crippen LogP) is 1.86. The van der Waals surface area contributed by atoms with E-state index in [0.29, 0.717) is 25.7 Å². The molecule has 23 heavy (non-hydrogen) atoms. The van der Waals surface area contributed by atoms with Crippen molar-refractivity contribution >= 4 is 11.3 Å². The lowest BCUT2D eigenvalue weighted by atomic mass is 10.2. The molecule has 126 valence electrons. The second-order valence-electron chi connectivity index (χ2n) is 6.26. The van der Waals surface area contributed by atoms with E-state index in [0.717, 1.165) is 31.3 Å². The van der Waals surface area contributed by atoms with Gasteiger partial charge in [0, 0.05) is 30.4 Å². The molecule has 0 spiro atoms. The van der Waals surface area contributed by atoms with Crippen molar-refractivity contribution in [2.75, 3.05) is 19.7 Å². The van der Waals surface area contributed by atoms with Crippen LogP contribution >= 0.6 is 11.3 Å². The van der Waals surface area contributed by atoms with Crippen molar-refractivity contribution in [2.24, 2.45) is 0 Å². The van der Waals surface area contributed by atoms with E-state index in [1.165, 1.54) is 4.88 Å². The predicted molar refractivity (Wildman–Crippen MR) is 89.4 cm³/mol. The second kappa shape index (κ2) is 7.53. The van der Waals surface area contributed by atoms with Crippen molar-refractivity contribution in [1.29, 1.82) is 0 Å². The molecule has 1 atom stereocenters. The molecule has 1 aliphatic rings. The summed E-state index contributed by atoms with van der Waals surface area (Å²) in [5.74, 6) is 2.44. The molecule has 0 bridgehead atoms. The lowest BCUT2D eigenvalue weighted by molar-refractivity contribution is 0.00605. The summed E-state index contributed by atoms with van der Waals surface area (Å²) in [6, 6.07) is 4.05. The Hall–Kier alpha value is -1.28. The van der Waals surface area contributed by atoms with E-state index in [1.807, 2.05) is 17.5 Å². The fraction of sp³-hybridized carbons (Fsp3) is 0.625. The molecule has 0 saturated carbocycles. The first-order chi connectivity index (χ1) is 11.1. The van der Waals surface area contributed by atoms with Crippen LogP contribution in [0.15, 0.2) is 17.5 Å². The monoisotopic (exact) mass is 336 g/mol. The van der Waals surface area contributed by atoms with Gasteiger partial charge in [-0.25, -0.2) is 0 Å². The Kier molecular flexibility index (Phi) is 5.42. The normalized spacial score (nSPS) is 16.7. The molecule has 6 nitrogen and oxygen atoms in total. The number of aliphatic hydroxyl groups excluding tert-OH is 1. The van der Waals surface area contributed by atoms with Crippen molar-refractivity contribution in [3.8, 4) is 0 Å². The van der Waals surface area contributed by atoms with Crippen molar-refractivity contribution in [3.63, 3.8) is 0 Å². The summed E-state index contributed by atoms with van der Waals surface area (Å²) in [7, 11) is 0. The van der Waals surface area contributed by atoms with Crippen LogP contribution < -0.4 is 0 Å². The Morgan fingerprint density at radius 1 is 1.35 bits per heavy atom. The highest BCUT2D eigenvalue weighted by Crippen LogP contribution is 2.18. The number of aliphatic hydroxyl groups is 1. The van der Waals surface area contributed by atoms with Crippen molar-refractivity contribution in [3.05, 3.63) is 34.0 Å². The quantitative estimate of drug-likeness (QED) is 0.836. The van der Waals surface area contributed by atoms with E-state index in [2.05, 4.69) is 33.5 Å². The van der Waals surface area contributed by atoms with Crippen LogP contribution in [-0.2, 0) is 24.4 Å². The molecule has 1 aliphatic heterocycles. The summed E-state index contributed by atoms with van der Waals surface area (Å²) in [6.07, 6.45) is -0.478. The highest BCUT2D eigenvalue weighted by atomic mass is 32.1. The van der Waals surface area contributed by atoms with Gasteiger partial charge in [-0.15, -0.1) is 21.5 Å². The van der Waals surface area contributed by atoms with Crippen LogP contribution in [0.4, 0.5) is 0 Å². The van der Waals surface area contributed by atoms with Gasteiger partial charge in [-0.05, 0) is 11.4 Å². The van der Waals surface area contributed by atoms with Gasteiger partial charge in [-0.1, -0.05) is 19.9 Å². The van der Waals surface area contributed by atoms with Gasteiger partial charge in [-0.2, -0.15) is 0 Å². The number of nitrogens with zero attached hydrogens (tertiary/aromatic N) is 4. The summed E-state index contributed by atoms with van der Waals surface area (Å²) < 4.78 is 7.80. The molecule has 0 radical (unpaired) electrons. The minimum atomic E-state index is -0.478. The Morgan fingerprint density at radius 3 is 2.96 bits per heavy atom. The minimum absolute atomic E-state index is 0.359. The summed E-state index contributed by atoms with van der Waals surface area (Å²) in [5, 5.41) is 20.8. The van der Waals surface area contributed by atoms with Crippen LogP contribution in [0, 0.1) is 0 Å². The Labute approximate surface area is 140 Å². The molecular formula is C16H24N4O2S. The van der Waals surface area contributed by atoms with Crippen LogP contribution in [0.25, 0.3) is 0 Å². The van der Waals surface area contributed by atoms with E-state index >= 15 is 0 Å². The Balaban J connectivity index is 1.45. The van der Waals surface area contributed by atoms with Crippen molar-refractivity contribution in [1.82, 2.24) is 19.7 Å². The zero-order valence-corrected chi connectivity index (χ0v) is 14.5. The Bertz CT molecular complexity index is 612. The van der Waals surface area contributed by atoms with Gasteiger partial charge in [0.05, 0.1) is 25.9 Å². The zero-order valence-electron chi connectivity index (χ0n) is 13.7. The SMILES string of the molecule is CC(C)c1nnc2n1CCN(CC(O)COCc1cccs1)C2. The molecule has 3 heterocycles. The van der Waals surface area contributed by atoms with Gasteiger partial charge >= 0.3 is 0 Å². The highest BCUT2D eigenvalue weighted by Gasteiger charge is 2.23. The summed E-state index contributed by atoms with van der Waals surface area (Å²) in [6.45, 7) is 8.34. The molecule has 0 fully saturated rings. The summed E-state index contributed by atoms with van der Waals surface area (Å²) in [5.41, 5.74) is 0. The molecular weight excluding hydrogens is 312 g/mol. The van der Waals surface area contributed by atoms with Gasteiger partial charge in [0.1, 0.15) is 11.6 Å². The standard InChI is InChI=1S/C16H24N4O2S/c1-12(2)16-18-17-15-9-19(5-6-20(15)16)8-13(21)10-22-11-14-4-3-7-23-14/h3-4,7,12-13,21H,5-6,8-11H2,1-2H3. The fourth-order valence-electron chi connectivity index (χ4n) is 2.85. The van der Waals surface area contributed by atoms with Crippen LogP contribution in [0.3, 0.4) is 0 Å². The molecule has 0 aromatic carbocycles. The molecule has 0 amide bonds. The number of fused-ring (bicyclic) bond motifs is 1. The first kappa shape index (κ1) is 16.6. The highest BCUT2D eigenvalue weighted by molar-refractivity contribution is 7.09. The molecule has 2 aromatic rings. The molecule has 3 rings (SSSR count). The third kappa shape index (κ3) is 4.17. The lowest BCUT2D eigenvalue weighted by Crippen LogP contribution is -2.40. The van der Waals surface area contributed by atoms with Crippen LogP contribution in [-0.4, -0.2) is 50.6 Å². The minimum Gasteiger partial charge on any atom is -0.389 e. The van der Waals surface area contributed by atoms with Crippen molar-refractivity contribution < 1.29 is 9.84 Å². The average Bonchev–Trinajstić information content (AvgIpc) is 3.15. The Morgan fingerprint density at radius 2 is 2.22 bits per heavy atom. The van der Waals surface area contributed by atoms with E-state index in [1.54, 1.807) is 11.3 Å². The maximum atomic E-state index is 10.2. The number of aromatic nitrogens is 3. The molecule has 1 unspecified atom stereocenters. The van der Waals surface area contributed by atoms with Crippen molar-refractivity contribution in [2.45, 2.75) is 45.6 Å². The molecule has 2 aromatic heterocycles. The smallest absolute Gasteiger partial charge is 0.147 e. The van der Waals surface area contributed by atoms with E-state index in [9.17, 15) is 5.11 Å². The van der Waals surface area contributed by atoms with Crippen LogP contribution in [0.1, 0.15) is 36.3 Å². The van der Waals surface area contributed by atoms with E-state index in [-0.39, 0.29) is 0 Å². The third-order valence-electron chi connectivity index (χ3n) is 3.98. The summed E-state index contributed by atoms with van der Waals surface area (Å²) >= 11 is 1.67. The fourth-order valence-corrected chi connectivity index (χ4v) is 3.49. The van der Waals surface area contributed by atoms with Crippen LogP contribution in [0.5, 0.6) is 0 Å². The van der Waals surface area contributed by atoms with Gasteiger partial charge < -0.3 is 14.4 Å². The molecule has 0 aliphatic carbocycles. The van der Waals surface area contributed by atoms with Gasteiger partial charge in [0.25, 0.3) is 0 Å². The zero-order chi connectivity index (χ0) is 16.2. The first-order valence-corrected chi connectivity index (χ1v) is 8.94. The average molecular weight is 336 g/mol. The number of β-amino-alcohol motifs (C(OH)–C–C–N with tert-alkyl or cyclic N) is 1. The third-order valence-corrected chi connectivity index (χ3v) is 4.83. The van der Waals surface area contributed by atoms with E-state index in [4.69, 9.17) is 4.74 Å². The summed E-state index contributed by atoms with van der Waals surface area (Å²) in [4.78, 5) is 3.40. The maximum Gasteiger partial charge on any atom is 0.147 e. The maximum absolute atomic E-state index is 10.2. The molecule has 0 saturated heterocycles. The molecule has 7 heteroatoms. The molecule has 1 N–H and O–H groups in total. The number of thiophene rings is 1. The first-order valence-electron chi connectivity index (χ1n) is 8.06.